The van der Waals surface area contributed by atoms with Crippen LogP contribution in [0.3, 0.4) is 0 Å². The van der Waals surface area contributed by atoms with Crippen molar-refractivity contribution < 1.29 is 14.3 Å². The van der Waals surface area contributed by atoms with Gasteiger partial charge in [-0.2, -0.15) is 0 Å². The number of rotatable bonds is 4. The highest BCUT2D eigenvalue weighted by Gasteiger charge is 2.17. The average Bonchev–Trinajstić information content (AvgIpc) is 2.38. The Morgan fingerprint density at radius 2 is 1.83 bits per heavy atom. The maximum Gasteiger partial charge on any atom is 0.356 e. The number of halogens is 1. The van der Waals surface area contributed by atoms with Gasteiger partial charge in [-0.05, 0) is 26.0 Å². The van der Waals surface area contributed by atoms with E-state index in [1.54, 1.807) is 11.0 Å². The summed E-state index contributed by atoms with van der Waals surface area (Å²) in [6, 6.07) is 3.11. The van der Waals surface area contributed by atoms with Crippen LogP contribution in [0.15, 0.2) is 16.6 Å². The lowest BCUT2D eigenvalue weighted by Crippen LogP contribution is -2.31. The Morgan fingerprint density at radius 3 is 2.33 bits per heavy atom. The number of pyridine rings is 1. The Kier molecular flexibility index (Phi) is 5.27. The van der Waals surface area contributed by atoms with Gasteiger partial charge in [0.05, 0.1) is 7.11 Å². The van der Waals surface area contributed by atoms with Crippen molar-refractivity contribution in [2.45, 2.75) is 13.8 Å². The van der Waals surface area contributed by atoms with Gasteiger partial charge < -0.3 is 9.64 Å². The molecule has 0 spiro atoms. The van der Waals surface area contributed by atoms with E-state index in [9.17, 15) is 9.59 Å². The van der Waals surface area contributed by atoms with Gasteiger partial charge in [0.1, 0.15) is 11.4 Å². The lowest BCUT2D eigenvalue weighted by atomic mass is 10.2. The summed E-state index contributed by atoms with van der Waals surface area (Å²) in [4.78, 5) is 29.2. The minimum Gasteiger partial charge on any atom is -0.464 e. The number of nitrogens with zero attached hydrogens (tertiary/aromatic N) is 2. The van der Waals surface area contributed by atoms with Gasteiger partial charge in [0, 0.05) is 17.6 Å². The molecule has 0 fully saturated rings. The number of amides is 1. The van der Waals surface area contributed by atoms with Crippen molar-refractivity contribution in [3.8, 4) is 0 Å². The van der Waals surface area contributed by atoms with Crippen LogP contribution in [0, 0.1) is 0 Å². The first-order valence-corrected chi connectivity index (χ1v) is 6.37. The number of aromatic nitrogens is 1. The third-order valence-corrected chi connectivity index (χ3v) is 2.91. The zero-order valence-electron chi connectivity index (χ0n) is 10.6. The first-order chi connectivity index (χ1) is 8.53. The van der Waals surface area contributed by atoms with Crippen LogP contribution < -0.4 is 0 Å². The quantitative estimate of drug-likeness (QED) is 0.799. The van der Waals surface area contributed by atoms with Gasteiger partial charge in [-0.15, -0.1) is 0 Å². The standard InChI is InChI=1S/C12H15BrN2O3/c1-4-15(5-2)11(16)9-6-8(13)7-10(14-9)12(17)18-3/h6-7H,4-5H2,1-3H3. The van der Waals surface area contributed by atoms with Gasteiger partial charge in [0.2, 0.25) is 0 Å². The molecule has 1 heterocycles. The van der Waals surface area contributed by atoms with Crippen LogP contribution in [-0.4, -0.2) is 42.0 Å². The van der Waals surface area contributed by atoms with Crippen LogP contribution in [0.25, 0.3) is 0 Å². The number of hydrogen-bond donors (Lipinski definition) is 0. The zero-order chi connectivity index (χ0) is 13.7. The third kappa shape index (κ3) is 3.29. The van der Waals surface area contributed by atoms with Gasteiger partial charge in [-0.25, -0.2) is 9.78 Å². The second-order valence-corrected chi connectivity index (χ2v) is 4.44. The first kappa shape index (κ1) is 14.6. The number of methoxy groups -OCH3 is 1. The number of carbonyl (C=O) groups excluding carboxylic acids is 2. The Labute approximate surface area is 114 Å². The molecule has 0 bridgehead atoms. The molecule has 0 aliphatic heterocycles. The van der Waals surface area contributed by atoms with E-state index < -0.39 is 5.97 Å². The molecular formula is C12H15BrN2O3. The van der Waals surface area contributed by atoms with Crippen LogP contribution in [0.1, 0.15) is 34.8 Å². The molecule has 0 aromatic carbocycles. The molecule has 0 saturated heterocycles. The van der Waals surface area contributed by atoms with Crippen LogP contribution in [0.4, 0.5) is 0 Å². The monoisotopic (exact) mass is 314 g/mol. The van der Waals surface area contributed by atoms with E-state index in [2.05, 4.69) is 25.7 Å². The van der Waals surface area contributed by atoms with Crippen LogP contribution in [0.2, 0.25) is 0 Å². The third-order valence-electron chi connectivity index (χ3n) is 2.45. The largest absolute Gasteiger partial charge is 0.464 e. The van der Waals surface area contributed by atoms with Crippen molar-refractivity contribution in [2.24, 2.45) is 0 Å². The highest BCUT2D eigenvalue weighted by molar-refractivity contribution is 9.10. The molecule has 1 aromatic rings. The molecule has 1 aromatic heterocycles. The highest BCUT2D eigenvalue weighted by atomic mass is 79.9. The fraction of sp³-hybridized carbons (Fsp3) is 0.417. The molecule has 0 aliphatic carbocycles. The van der Waals surface area contributed by atoms with Crippen molar-refractivity contribution in [1.29, 1.82) is 0 Å². The van der Waals surface area contributed by atoms with E-state index >= 15 is 0 Å². The molecule has 0 saturated carbocycles. The van der Waals surface area contributed by atoms with Crippen molar-refractivity contribution in [3.05, 3.63) is 28.0 Å². The summed E-state index contributed by atoms with van der Waals surface area (Å²) >= 11 is 3.25. The van der Waals surface area contributed by atoms with E-state index in [0.717, 1.165) is 0 Å². The number of hydrogen-bond acceptors (Lipinski definition) is 4. The van der Waals surface area contributed by atoms with Gasteiger partial charge in [0.25, 0.3) is 5.91 Å². The molecule has 1 rings (SSSR count). The van der Waals surface area contributed by atoms with Crippen molar-refractivity contribution in [1.82, 2.24) is 9.88 Å². The second kappa shape index (κ2) is 6.49. The van der Waals surface area contributed by atoms with Crippen LogP contribution >= 0.6 is 15.9 Å². The molecule has 6 heteroatoms. The Hall–Kier alpha value is -1.43. The second-order valence-electron chi connectivity index (χ2n) is 3.52. The smallest absolute Gasteiger partial charge is 0.356 e. The van der Waals surface area contributed by atoms with E-state index in [0.29, 0.717) is 17.6 Å². The summed E-state index contributed by atoms with van der Waals surface area (Å²) in [6.07, 6.45) is 0. The summed E-state index contributed by atoms with van der Waals surface area (Å²) in [7, 11) is 1.27. The predicted molar refractivity (Wildman–Crippen MR) is 70.5 cm³/mol. The summed E-state index contributed by atoms with van der Waals surface area (Å²) in [5.74, 6) is -0.767. The number of esters is 1. The normalized spacial score (nSPS) is 10.0. The van der Waals surface area contributed by atoms with Gasteiger partial charge in [0.15, 0.2) is 0 Å². The van der Waals surface area contributed by atoms with E-state index in [4.69, 9.17) is 0 Å². The summed E-state index contributed by atoms with van der Waals surface area (Å²) in [6.45, 7) is 4.97. The van der Waals surface area contributed by atoms with Gasteiger partial charge in [-0.1, -0.05) is 15.9 Å². The lowest BCUT2D eigenvalue weighted by molar-refractivity contribution is 0.0593. The Balaban J connectivity index is 3.13. The average molecular weight is 315 g/mol. The van der Waals surface area contributed by atoms with Crippen molar-refractivity contribution in [3.63, 3.8) is 0 Å². The fourth-order valence-corrected chi connectivity index (χ4v) is 1.92. The Morgan fingerprint density at radius 1 is 1.28 bits per heavy atom. The predicted octanol–water partition coefficient (Wildman–Crippen LogP) is 2.11. The van der Waals surface area contributed by atoms with Gasteiger partial charge >= 0.3 is 5.97 Å². The molecule has 5 nitrogen and oxygen atoms in total. The number of carbonyl (C=O) groups is 2. The van der Waals surface area contributed by atoms with Crippen LogP contribution in [-0.2, 0) is 4.74 Å². The maximum atomic E-state index is 12.1. The SMILES string of the molecule is CCN(CC)C(=O)c1cc(Br)cc(C(=O)OC)n1. The molecule has 0 radical (unpaired) electrons. The molecule has 18 heavy (non-hydrogen) atoms. The lowest BCUT2D eigenvalue weighted by Gasteiger charge is -2.18. The maximum absolute atomic E-state index is 12.1. The molecule has 0 N–H and O–H groups in total. The molecule has 0 unspecified atom stereocenters. The summed E-state index contributed by atoms with van der Waals surface area (Å²) < 4.78 is 5.21. The minimum atomic E-state index is -0.565. The fourth-order valence-electron chi connectivity index (χ4n) is 1.49. The topological polar surface area (TPSA) is 59.5 Å². The molecule has 0 atom stereocenters. The van der Waals surface area contributed by atoms with Crippen molar-refractivity contribution in [2.75, 3.05) is 20.2 Å². The number of ether oxygens (including phenoxy) is 1. The molecular weight excluding hydrogens is 300 g/mol. The van der Waals surface area contributed by atoms with E-state index in [1.807, 2.05) is 13.8 Å². The highest BCUT2D eigenvalue weighted by Crippen LogP contribution is 2.15. The zero-order valence-corrected chi connectivity index (χ0v) is 12.2. The molecule has 1 amide bonds. The van der Waals surface area contributed by atoms with E-state index in [-0.39, 0.29) is 17.3 Å². The van der Waals surface area contributed by atoms with Crippen LogP contribution in [0.5, 0.6) is 0 Å². The van der Waals surface area contributed by atoms with Crippen molar-refractivity contribution >= 4 is 27.8 Å². The molecule has 98 valence electrons. The van der Waals surface area contributed by atoms with Gasteiger partial charge in [-0.3, -0.25) is 4.79 Å². The molecule has 0 aliphatic rings. The van der Waals surface area contributed by atoms with E-state index in [1.165, 1.54) is 13.2 Å². The minimum absolute atomic E-state index is 0.113. The Bertz CT molecular complexity index is 459. The first-order valence-electron chi connectivity index (χ1n) is 5.58. The summed E-state index contributed by atoms with van der Waals surface area (Å²) in [5.41, 5.74) is 0.343. The summed E-state index contributed by atoms with van der Waals surface area (Å²) in [5, 5.41) is 0.